The first-order chi connectivity index (χ1) is 12.2. The topological polar surface area (TPSA) is 99.1 Å². The summed E-state index contributed by atoms with van der Waals surface area (Å²) in [5, 5.41) is 18.7. The number of alkyl halides is 2. The molecule has 1 amide bonds. The molecule has 26 heavy (non-hydrogen) atoms. The summed E-state index contributed by atoms with van der Waals surface area (Å²) in [6.07, 6.45) is -1.48. The maximum absolute atomic E-state index is 13.0. The Morgan fingerprint density at radius 3 is 2.62 bits per heavy atom. The van der Waals surface area contributed by atoms with Gasteiger partial charge in [0.05, 0.1) is 27.8 Å². The Morgan fingerprint density at radius 2 is 2.12 bits per heavy atom. The van der Waals surface area contributed by atoms with E-state index in [0.717, 1.165) is 14.8 Å². The zero-order valence-electron chi connectivity index (χ0n) is 14.3. The summed E-state index contributed by atoms with van der Waals surface area (Å²) in [4.78, 5) is 23.9. The Labute approximate surface area is 155 Å². The lowest BCUT2D eigenvalue weighted by molar-refractivity contribution is -0.386. The summed E-state index contributed by atoms with van der Waals surface area (Å²) in [6, 6.07) is 0. The molecule has 9 nitrogen and oxygen atoms in total. The Morgan fingerprint density at radius 1 is 1.46 bits per heavy atom. The van der Waals surface area contributed by atoms with Crippen molar-refractivity contribution in [2.75, 3.05) is 7.05 Å². The van der Waals surface area contributed by atoms with Crippen LogP contribution in [0, 0.1) is 17.0 Å². The molecule has 0 spiro atoms. The van der Waals surface area contributed by atoms with Crippen LogP contribution in [0.15, 0.2) is 10.7 Å². The van der Waals surface area contributed by atoms with Crippen LogP contribution in [0.3, 0.4) is 0 Å². The van der Waals surface area contributed by atoms with Crippen LogP contribution in [0.1, 0.15) is 30.4 Å². The smallest absolute Gasteiger partial charge is 0.319 e. The Bertz CT molecular complexity index is 835. The number of rotatable bonds is 7. The largest absolute Gasteiger partial charge is 0.338 e. The van der Waals surface area contributed by atoms with Gasteiger partial charge in [-0.3, -0.25) is 24.3 Å². The van der Waals surface area contributed by atoms with E-state index in [9.17, 15) is 23.7 Å². The molecular formula is C14H17BrF2N6O3. The first-order valence-corrected chi connectivity index (χ1v) is 8.40. The molecule has 12 heteroatoms. The second-order valence-corrected chi connectivity index (χ2v) is 6.39. The number of likely N-dealkylation sites (N-methyl/N-ethyl adjacent to an activating group) is 1. The van der Waals surface area contributed by atoms with Crippen LogP contribution in [-0.2, 0) is 24.4 Å². The molecule has 0 aliphatic rings. The molecule has 0 aliphatic carbocycles. The van der Waals surface area contributed by atoms with E-state index < -0.39 is 28.6 Å². The van der Waals surface area contributed by atoms with Crippen molar-refractivity contribution < 1.29 is 18.5 Å². The highest BCUT2D eigenvalue weighted by atomic mass is 79.9. The lowest BCUT2D eigenvalue weighted by atomic mass is 10.3. The van der Waals surface area contributed by atoms with E-state index in [1.54, 1.807) is 17.9 Å². The Hall–Kier alpha value is -2.37. The minimum absolute atomic E-state index is 0.0909. The molecule has 2 aromatic rings. The predicted octanol–water partition coefficient (Wildman–Crippen LogP) is 2.67. The summed E-state index contributed by atoms with van der Waals surface area (Å²) in [6.45, 7) is 3.66. The standard InChI is InChI=1S/C14H17BrF2N6O3/c1-4-21-10(9(15)5-18-21)6-20(3)11(24)7-22-8(2)13(23(25)26)12(19-22)14(16)17/h5,14H,4,6-7H2,1-3H3. The molecule has 0 N–H and O–H groups in total. The molecule has 0 saturated heterocycles. The van der Waals surface area contributed by atoms with Crippen LogP contribution in [0.4, 0.5) is 14.5 Å². The van der Waals surface area contributed by atoms with E-state index in [2.05, 4.69) is 26.1 Å². The van der Waals surface area contributed by atoms with E-state index >= 15 is 0 Å². The van der Waals surface area contributed by atoms with Gasteiger partial charge in [0, 0.05) is 13.6 Å². The lowest BCUT2D eigenvalue weighted by Crippen LogP contribution is -2.31. The highest BCUT2D eigenvalue weighted by Gasteiger charge is 2.31. The van der Waals surface area contributed by atoms with Gasteiger partial charge in [0.1, 0.15) is 12.2 Å². The molecule has 0 fully saturated rings. The average Bonchev–Trinajstić information content (AvgIpc) is 3.08. The first-order valence-electron chi connectivity index (χ1n) is 7.61. The van der Waals surface area contributed by atoms with Crippen molar-refractivity contribution in [3.05, 3.63) is 37.9 Å². The number of carbonyl (C=O) groups excluding carboxylic acids is 1. The molecule has 2 heterocycles. The van der Waals surface area contributed by atoms with Crippen molar-refractivity contribution in [1.82, 2.24) is 24.5 Å². The maximum Gasteiger partial charge on any atom is 0.319 e. The van der Waals surface area contributed by atoms with Gasteiger partial charge < -0.3 is 4.90 Å². The van der Waals surface area contributed by atoms with Gasteiger partial charge in [0.2, 0.25) is 11.6 Å². The summed E-state index contributed by atoms with van der Waals surface area (Å²) in [5.74, 6) is -0.429. The van der Waals surface area contributed by atoms with Gasteiger partial charge in [-0.2, -0.15) is 10.2 Å². The van der Waals surface area contributed by atoms with E-state index in [1.807, 2.05) is 6.92 Å². The van der Waals surface area contributed by atoms with Crippen molar-refractivity contribution in [1.29, 1.82) is 0 Å². The van der Waals surface area contributed by atoms with E-state index in [-0.39, 0.29) is 18.8 Å². The van der Waals surface area contributed by atoms with Gasteiger partial charge in [-0.1, -0.05) is 0 Å². The normalized spacial score (nSPS) is 11.2. The van der Waals surface area contributed by atoms with Gasteiger partial charge in [-0.25, -0.2) is 8.78 Å². The molecule has 0 aromatic carbocycles. The van der Waals surface area contributed by atoms with Crippen molar-refractivity contribution >= 4 is 27.5 Å². The predicted molar refractivity (Wildman–Crippen MR) is 90.7 cm³/mol. The highest BCUT2D eigenvalue weighted by Crippen LogP contribution is 2.30. The lowest BCUT2D eigenvalue weighted by Gasteiger charge is -2.18. The van der Waals surface area contributed by atoms with Gasteiger partial charge in [0.15, 0.2) is 0 Å². The number of aryl methyl sites for hydroxylation is 1. The summed E-state index contributed by atoms with van der Waals surface area (Å²) >= 11 is 3.36. The Kier molecular flexibility index (Phi) is 6.05. The molecular weight excluding hydrogens is 418 g/mol. The fourth-order valence-corrected chi connectivity index (χ4v) is 2.89. The number of nitro groups is 1. The highest BCUT2D eigenvalue weighted by molar-refractivity contribution is 9.10. The van der Waals surface area contributed by atoms with Crippen LogP contribution in [0.5, 0.6) is 0 Å². The first kappa shape index (κ1) is 19.9. The van der Waals surface area contributed by atoms with E-state index in [0.29, 0.717) is 6.54 Å². The van der Waals surface area contributed by atoms with Gasteiger partial charge in [-0.15, -0.1) is 0 Å². The Balaban J connectivity index is 2.20. The van der Waals surface area contributed by atoms with Crippen molar-refractivity contribution in [2.24, 2.45) is 0 Å². The second-order valence-electron chi connectivity index (χ2n) is 5.54. The average molecular weight is 435 g/mol. The molecule has 2 aromatic heterocycles. The third-order valence-electron chi connectivity index (χ3n) is 3.89. The number of carbonyl (C=O) groups is 1. The SMILES string of the molecule is CCn1ncc(Br)c1CN(C)C(=O)Cn1nc(C(F)F)c([N+](=O)[O-])c1C. The number of amides is 1. The number of aromatic nitrogens is 4. The summed E-state index contributed by atoms with van der Waals surface area (Å²) in [5.41, 5.74) is -1.01. The maximum atomic E-state index is 13.0. The molecule has 0 radical (unpaired) electrons. The monoisotopic (exact) mass is 434 g/mol. The van der Waals surface area contributed by atoms with Gasteiger partial charge >= 0.3 is 5.69 Å². The molecule has 0 saturated carbocycles. The summed E-state index contributed by atoms with van der Waals surface area (Å²) in [7, 11) is 1.54. The second kappa shape index (κ2) is 7.89. The number of nitrogens with zero attached hydrogens (tertiary/aromatic N) is 6. The zero-order valence-corrected chi connectivity index (χ0v) is 15.9. The fraction of sp³-hybridized carbons (Fsp3) is 0.500. The molecule has 0 unspecified atom stereocenters. The summed E-state index contributed by atoms with van der Waals surface area (Å²) < 4.78 is 29.3. The minimum atomic E-state index is -3.10. The zero-order chi connectivity index (χ0) is 19.6. The fourth-order valence-electron chi connectivity index (χ4n) is 2.47. The molecule has 0 bridgehead atoms. The minimum Gasteiger partial charge on any atom is -0.338 e. The molecule has 0 aliphatic heterocycles. The van der Waals surface area contributed by atoms with Crippen molar-refractivity contribution in [2.45, 2.75) is 39.9 Å². The van der Waals surface area contributed by atoms with Crippen molar-refractivity contribution in [3.8, 4) is 0 Å². The van der Waals surface area contributed by atoms with Gasteiger partial charge in [0.25, 0.3) is 6.43 Å². The van der Waals surface area contributed by atoms with Crippen LogP contribution >= 0.6 is 15.9 Å². The van der Waals surface area contributed by atoms with E-state index in [4.69, 9.17) is 0 Å². The van der Waals surface area contributed by atoms with Gasteiger partial charge in [-0.05, 0) is 29.8 Å². The third kappa shape index (κ3) is 3.89. The van der Waals surface area contributed by atoms with Crippen LogP contribution in [0.25, 0.3) is 0 Å². The van der Waals surface area contributed by atoms with Crippen LogP contribution in [-0.4, -0.2) is 42.3 Å². The van der Waals surface area contributed by atoms with Crippen LogP contribution < -0.4 is 0 Å². The van der Waals surface area contributed by atoms with Crippen LogP contribution in [0.2, 0.25) is 0 Å². The quantitative estimate of drug-likeness (QED) is 0.492. The number of hydrogen-bond donors (Lipinski definition) is 0. The number of halogens is 3. The number of hydrogen-bond acceptors (Lipinski definition) is 5. The van der Waals surface area contributed by atoms with Crippen molar-refractivity contribution in [3.63, 3.8) is 0 Å². The van der Waals surface area contributed by atoms with E-state index in [1.165, 1.54) is 11.8 Å². The molecule has 0 atom stereocenters. The third-order valence-corrected chi connectivity index (χ3v) is 4.55. The molecule has 142 valence electrons. The molecule has 2 rings (SSSR count).